The highest BCUT2D eigenvalue weighted by atomic mass is 16.5. The first kappa shape index (κ1) is 14.2. The van der Waals surface area contributed by atoms with Crippen molar-refractivity contribution >= 4 is 5.97 Å². The van der Waals surface area contributed by atoms with E-state index in [4.69, 9.17) is 9.84 Å². The van der Waals surface area contributed by atoms with Gasteiger partial charge in [-0.25, -0.2) is 4.79 Å². The first-order chi connectivity index (χ1) is 7.61. The first-order valence-corrected chi connectivity index (χ1v) is 5.94. The molecule has 0 aliphatic carbocycles. The third-order valence-corrected chi connectivity index (χ3v) is 2.75. The molecule has 0 spiro atoms. The highest BCUT2D eigenvalue weighted by Gasteiger charge is 2.37. The Balaban J connectivity index is 2.66. The van der Waals surface area contributed by atoms with Crippen molar-refractivity contribution in [2.24, 2.45) is 0 Å². The lowest BCUT2D eigenvalue weighted by atomic mass is 9.99. The van der Waals surface area contributed by atoms with Gasteiger partial charge in [0.25, 0.3) is 0 Å². The smallest absolute Gasteiger partial charge is 0.330 e. The second kappa shape index (κ2) is 4.78. The Labute approximate surface area is 103 Å². The van der Waals surface area contributed by atoms with Gasteiger partial charge in [-0.2, -0.15) is 0 Å². The van der Waals surface area contributed by atoms with Gasteiger partial charge in [0, 0.05) is 25.2 Å². The molecule has 0 atom stereocenters. The van der Waals surface area contributed by atoms with Crippen molar-refractivity contribution in [3.63, 3.8) is 0 Å². The normalized spacial score (nSPS) is 24.6. The van der Waals surface area contributed by atoms with Crippen LogP contribution in [0, 0.1) is 0 Å². The fourth-order valence-corrected chi connectivity index (χ4v) is 2.43. The van der Waals surface area contributed by atoms with Gasteiger partial charge in [-0.1, -0.05) is 6.08 Å². The molecule has 1 heterocycles. The van der Waals surface area contributed by atoms with E-state index in [1.54, 1.807) is 13.0 Å². The van der Waals surface area contributed by atoms with E-state index in [-0.39, 0.29) is 11.2 Å². The number of nitrogens with zero attached hydrogens (tertiary/aromatic N) is 1. The van der Waals surface area contributed by atoms with Crippen molar-refractivity contribution in [1.82, 2.24) is 4.90 Å². The van der Waals surface area contributed by atoms with Gasteiger partial charge in [0.2, 0.25) is 0 Å². The molecule has 4 heteroatoms. The van der Waals surface area contributed by atoms with Crippen LogP contribution in [-0.2, 0) is 9.53 Å². The maximum absolute atomic E-state index is 10.7. The van der Waals surface area contributed by atoms with Gasteiger partial charge in [-0.3, -0.25) is 4.90 Å². The van der Waals surface area contributed by atoms with Crippen LogP contribution in [0.5, 0.6) is 0 Å². The number of hydrogen-bond donors (Lipinski definition) is 1. The largest absolute Gasteiger partial charge is 0.478 e. The molecule has 0 aromatic rings. The fourth-order valence-electron chi connectivity index (χ4n) is 2.43. The zero-order valence-electron chi connectivity index (χ0n) is 11.4. The third-order valence-electron chi connectivity index (χ3n) is 2.75. The zero-order valence-corrected chi connectivity index (χ0v) is 11.4. The minimum Gasteiger partial charge on any atom is -0.478 e. The van der Waals surface area contributed by atoms with Crippen molar-refractivity contribution in [2.45, 2.75) is 45.8 Å². The Morgan fingerprint density at radius 2 is 1.76 bits per heavy atom. The van der Waals surface area contributed by atoms with E-state index in [1.807, 2.05) is 0 Å². The Morgan fingerprint density at radius 3 is 2.18 bits per heavy atom. The maximum atomic E-state index is 10.7. The van der Waals surface area contributed by atoms with Crippen LogP contribution in [0.15, 0.2) is 11.6 Å². The van der Waals surface area contributed by atoms with Crippen LogP contribution in [0.3, 0.4) is 0 Å². The lowest BCUT2D eigenvalue weighted by molar-refractivity contribution is -0.178. The Hall–Kier alpha value is -0.870. The Morgan fingerprint density at radius 1 is 1.29 bits per heavy atom. The highest BCUT2D eigenvalue weighted by Crippen LogP contribution is 2.27. The summed E-state index contributed by atoms with van der Waals surface area (Å²) >= 11 is 0. The lowest BCUT2D eigenvalue weighted by Gasteiger charge is -2.47. The molecule has 0 saturated carbocycles. The highest BCUT2D eigenvalue weighted by molar-refractivity contribution is 5.85. The number of ether oxygens (including phenoxy) is 1. The molecule has 0 amide bonds. The summed E-state index contributed by atoms with van der Waals surface area (Å²) in [6.45, 7) is 12.2. The molecule has 0 radical (unpaired) electrons. The van der Waals surface area contributed by atoms with Crippen molar-refractivity contribution in [3.8, 4) is 0 Å². The monoisotopic (exact) mass is 241 g/mol. The number of carboxylic acids is 1. The summed E-state index contributed by atoms with van der Waals surface area (Å²) in [5.74, 6) is -0.850. The topological polar surface area (TPSA) is 49.8 Å². The van der Waals surface area contributed by atoms with Crippen molar-refractivity contribution in [2.75, 3.05) is 19.6 Å². The summed E-state index contributed by atoms with van der Waals surface area (Å²) in [7, 11) is 0. The Bertz CT molecular complexity index is 316. The van der Waals surface area contributed by atoms with Gasteiger partial charge in [-0.05, 0) is 34.6 Å². The maximum Gasteiger partial charge on any atom is 0.330 e. The van der Waals surface area contributed by atoms with E-state index in [0.717, 1.165) is 13.1 Å². The molecule has 17 heavy (non-hydrogen) atoms. The molecule has 0 aromatic carbocycles. The van der Waals surface area contributed by atoms with Crippen molar-refractivity contribution < 1.29 is 14.6 Å². The number of aliphatic carboxylic acids is 1. The van der Waals surface area contributed by atoms with Gasteiger partial charge >= 0.3 is 5.97 Å². The molecule has 0 aromatic heterocycles. The molecule has 0 unspecified atom stereocenters. The van der Waals surface area contributed by atoms with Gasteiger partial charge < -0.3 is 9.84 Å². The molecule has 1 aliphatic rings. The molecule has 4 nitrogen and oxygen atoms in total. The predicted molar refractivity (Wildman–Crippen MR) is 67.1 cm³/mol. The van der Waals surface area contributed by atoms with E-state index in [2.05, 4.69) is 32.6 Å². The van der Waals surface area contributed by atoms with E-state index < -0.39 is 5.97 Å². The molecular weight excluding hydrogens is 218 g/mol. The Kier molecular flexibility index (Phi) is 3.99. The van der Waals surface area contributed by atoms with Gasteiger partial charge in [0.15, 0.2) is 0 Å². The van der Waals surface area contributed by atoms with E-state index in [0.29, 0.717) is 12.1 Å². The average Bonchev–Trinajstić information content (AvgIpc) is 2.08. The second-order valence-electron chi connectivity index (χ2n) is 5.98. The van der Waals surface area contributed by atoms with E-state index in [1.165, 1.54) is 0 Å². The van der Waals surface area contributed by atoms with Crippen LogP contribution in [-0.4, -0.2) is 46.8 Å². The molecule has 98 valence electrons. The van der Waals surface area contributed by atoms with Gasteiger partial charge in [0.05, 0.1) is 11.2 Å². The quantitative estimate of drug-likeness (QED) is 0.767. The number of carboxylic acid groups (broad SMARTS) is 1. The second-order valence-corrected chi connectivity index (χ2v) is 5.98. The predicted octanol–water partition coefficient (Wildman–Crippen LogP) is 1.91. The lowest BCUT2D eigenvalue weighted by Crippen LogP contribution is -2.57. The summed E-state index contributed by atoms with van der Waals surface area (Å²) in [4.78, 5) is 12.9. The van der Waals surface area contributed by atoms with E-state index in [9.17, 15) is 4.79 Å². The number of rotatable bonds is 3. The van der Waals surface area contributed by atoms with Gasteiger partial charge in [-0.15, -0.1) is 0 Å². The molecule has 1 N–H and O–H groups in total. The first-order valence-electron chi connectivity index (χ1n) is 5.94. The molecule has 1 rings (SSSR count). The standard InChI is InChI=1S/C13H23NO3/c1-10(11(15)16)6-7-14-8-12(2,3)17-13(4,5)9-14/h6H,7-9H2,1-5H3,(H,15,16). The number of morpholine rings is 1. The number of carbonyl (C=O) groups is 1. The molecular formula is C13H23NO3. The van der Waals surface area contributed by atoms with Crippen LogP contribution < -0.4 is 0 Å². The minimum atomic E-state index is -0.850. The number of hydrogen-bond acceptors (Lipinski definition) is 3. The third kappa shape index (κ3) is 4.48. The van der Waals surface area contributed by atoms with E-state index >= 15 is 0 Å². The summed E-state index contributed by atoms with van der Waals surface area (Å²) < 4.78 is 5.97. The van der Waals surface area contributed by atoms with Crippen LogP contribution in [0.1, 0.15) is 34.6 Å². The van der Waals surface area contributed by atoms with Crippen LogP contribution >= 0.6 is 0 Å². The molecule has 1 aliphatic heterocycles. The summed E-state index contributed by atoms with van der Waals surface area (Å²) in [6, 6.07) is 0. The molecule has 0 bridgehead atoms. The molecule has 1 saturated heterocycles. The zero-order chi connectivity index (χ0) is 13.3. The summed E-state index contributed by atoms with van der Waals surface area (Å²) in [5.41, 5.74) is 0.0199. The minimum absolute atomic E-state index is 0.188. The summed E-state index contributed by atoms with van der Waals surface area (Å²) in [5, 5.41) is 8.81. The van der Waals surface area contributed by atoms with Crippen LogP contribution in [0.2, 0.25) is 0 Å². The molecule has 1 fully saturated rings. The van der Waals surface area contributed by atoms with Gasteiger partial charge in [0.1, 0.15) is 0 Å². The van der Waals surface area contributed by atoms with Crippen LogP contribution in [0.25, 0.3) is 0 Å². The van der Waals surface area contributed by atoms with Crippen molar-refractivity contribution in [3.05, 3.63) is 11.6 Å². The van der Waals surface area contributed by atoms with Crippen LogP contribution in [0.4, 0.5) is 0 Å². The summed E-state index contributed by atoms with van der Waals surface area (Å²) in [6.07, 6.45) is 1.76. The fraction of sp³-hybridized carbons (Fsp3) is 0.769. The van der Waals surface area contributed by atoms with Crippen molar-refractivity contribution in [1.29, 1.82) is 0 Å². The SMILES string of the molecule is CC(=CCN1CC(C)(C)OC(C)(C)C1)C(=O)O. The average molecular weight is 241 g/mol.